The van der Waals surface area contributed by atoms with Gasteiger partial charge in [-0.15, -0.1) is 0 Å². The van der Waals surface area contributed by atoms with Crippen molar-refractivity contribution in [1.82, 2.24) is 5.32 Å². The number of hydrogen-bond donors (Lipinski definition) is 1. The summed E-state index contributed by atoms with van der Waals surface area (Å²) in [4.78, 5) is 7.43. The first kappa shape index (κ1) is 14.2. The third-order valence-corrected chi connectivity index (χ3v) is 5.23. The fourth-order valence-corrected chi connectivity index (χ4v) is 3.93. The Hall–Kier alpha value is -1.40. The lowest BCUT2D eigenvalue weighted by atomic mass is 10.1. The Morgan fingerprint density at radius 2 is 1.95 bits per heavy atom. The van der Waals surface area contributed by atoms with E-state index in [9.17, 15) is 0 Å². The first-order chi connectivity index (χ1) is 10.8. The minimum absolute atomic E-state index is 0.133. The molecule has 3 nitrogen and oxygen atoms in total. The molecule has 2 atom stereocenters. The predicted octanol–water partition coefficient (Wildman–Crippen LogP) is 2.25. The first-order valence-electron chi connectivity index (χ1n) is 7.74. The third-order valence-electron chi connectivity index (χ3n) is 4.36. The quantitative estimate of drug-likeness (QED) is 0.780. The van der Waals surface area contributed by atoms with Gasteiger partial charge in [-0.1, -0.05) is 30.3 Å². The number of para-hydroxylation sites is 2. The molecule has 0 aliphatic carbocycles. The van der Waals surface area contributed by atoms with Crippen molar-refractivity contribution in [3.63, 3.8) is 0 Å². The normalized spacial score (nSPS) is 23.6. The molecule has 1 fully saturated rings. The maximum Gasteiger partial charge on any atom is 0.141 e. The average molecular weight is 403 g/mol. The zero-order valence-electron chi connectivity index (χ0n) is 12.2. The Bertz CT molecular complexity index is 782. The maximum atomic E-state index is 5.11. The largest absolute Gasteiger partial charge is 0.323 e. The van der Waals surface area contributed by atoms with E-state index in [1.54, 1.807) is 0 Å². The van der Waals surface area contributed by atoms with E-state index in [4.69, 9.17) is 4.99 Å². The molecule has 2 heterocycles. The van der Waals surface area contributed by atoms with Gasteiger partial charge in [0.2, 0.25) is 0 Å². The molecule has 4 heteroatoms. The Labute approximate surface area is 143 Å². The van der Waals surface area contributed by atoms with Crippen LogP contribution in [-0.4, -0.2) is 18.8 Å². The summed E-state index contributed by atoms with van der Waals surface area (Å²) >= 11 is 2.39. The smallest absolute Gasteiger partial charge is 0.141 e. The van der Waals surface area contributed by atoms with E-state index in [-0.39, 0.29) is 6.17 Å². The number of anilines is 1. The number of nitrogens with zero attached hydrogens (tertiary/aromatic N) is 2. The second-order valence-corrected chi connectivity index (χ2v) is 6.96. The lowest BCUT2D eigenvalue weighted by molar-refractivity contribution is 0.482. The summed E-state index contributed by atoms with van der Waals surface area (Å²) in [6.07, 6.45) is 4.81. The lowest BCUT2D eigenvalue weighted by Gasteiger charge is -2.34. The highest BCUT2D eigenvalue weighted by Crippen LogP contribution is 2.24. The maximum absolute atomic E-state index is 5.11. The summed E-state index contributed by atoms with van der Waals surface area (Å²) in [5.41, 5.74) is 1.20. The van der Waals surface area contributed by atoms with Gasteiger partial charge in [-0.3, -0.25) is 4.99 Å². The Morgan fingerprint density at radius 3 is 2.73 bits per heavy atom. The number of nitrogens with one attached hydrogen (secondary N) is 1. The fraction of sp³-hybridized carbons (Fsp3) is 0.278. The van der Waals surface area contributed by atoms with E-state index in [1.807, 2.05) is 0 Å². The van der Waals surface area contributed by atoms with E-state index in [2.05, 4.69) is 87.5 Å². The molecule has 112 valence electrons. The van der Waals surface area contributed by atoms with Crippen LogP contribution >= 0.6 is 22.6 Å². The standard InChI is InChI=1S/C18H18IN3/c19-15-9-4-6-13-12-22(14-7-2-1-3-8-14)18(21-17(13)15)16-10-5-11-20-16/h1-4,6-9,12,16,18,20H,5,10-11H2/t16?,18-/m1/s1. The van der Waals surface area contributed by atoms with Crippen LogP contribution < -0.4 is 20.8 Å². The van der Waals surface area contributed by atoms with Crippen molar-refractivity contribution >= 4 is 34.5 Å². The Morgan fingerprint density at radius 1 is 1.09 bits per heavy atom. The molecule has 22 heavy (non-hydrogen) atoms. The van der Waals surface area contributed by atoms with Gasteiger partial charge in [0.05, 0.1) is 5.36 Å². The Balaban J connectivity index is 1.87. The number of hydrogen-bond acceptors (Lipinski definition) is 3. The van der Waals surface area contributed by atoms with Crippen molar-refractivity contribution in [3.05, 3.63) is 62.7 Å². The van der Waals surface area contributed by atoms with E-state index < -0.39 is 0 Å². The summed E-state index contributed by atoms with van der Waals surface area (Å²) in [6.45, 7) is 1.10. The minimum Gasteiger partial charge on any atom is -0.323 e. The van der Waals surface area contributed by atoms with Gasteiger partial charge in [-0.2, -0.15) is 0 Å². The first-order valence-corrected chi connectivity index (χ1v) is 8.82. The molecule has 2 aliphatic heterocycles. The van der Waals surface area contributed by atoms with Gasteiger partial charge in [0.25, 0.3) is 0 Å². The van der Waals surface area contributed by atoms with Gasteiger partial charge >= 0.3 is 0 Å². The highest BCUT2D eigenvalue weighted by atomic mass is 127. The monoisotopic (exact) mass is 403 g/mol. The summed E-state index contributed by atoms with van der Waals surface area (Å²) in [5.74, 6) is 0. The number of fused-ring (bicyclic) bond motifs is 1. The van der Waals surface area contributed by atoms with Crippen LogP contribution in [0.1, 0.15) is 12.8 Å². The number of halogens is 1. The van der Waals surface area contributed by atoms with Gasteiger partial charge in [0.1, 0.15) is 6.17 Å². The van der Waals surface area contributed by atoms with Crippen LogP contribution in [0.2, 0.25) is 0 Å². The third kappa shape index (κ3) is 2.54. The molecule has 0 spiro atoms. The highest BCUT2D eigenvalue weighted by molar-refractivity contribution is 14.1. The van der Waals surface area contributed by atoms with Crippen LogP contribution in [0.3, 0.4) is 0 Å². The molecule has 0 saturated carbocycles. The van der Waals surface area contributed by atoms with Gasteiger partial charge in [0.15, 0.2) is 0 Å². The van der Waals surface area contributed by atoms with Crippen LogP contribution in [0, 0.1) is 3.57 Å². The predicted molar refractivity (Wildman–Crippen MR) is 98.1 cm³/mol. The molecule has 0 radical (unpaired) electrons. The molecule has 2 aromatic rings. The SMILES string of the molecule is Ic1cccc2c1=N[C@@H](C1CCCN1)N(c1ccccc1)C=2. The van der Waals surface area contributed by atoms with Gasteiger partial charge in [-0.25, -0.2) is 0 Å². The van der Waals surface area contributed by atoms with Crippen LogP contribution in [0.15, 0.2) is 53.5 Å². The minimum atomic E-state index is 0.133. The molecular weight excluding hydrogens is 385 g/mol. The van der Waals surface area contributed by atoms with Gasteiger partial charge in [-0.05, 0) is 60.2 Å². The summed E-state index contributed by atoms with van der Waals surface area (Å²) in [5, 5.41) is 5.95. The summed E-state index contributed by atoms with van der Waals surface area (Å²) in [7, 11) is 0. The lowest BCUT2D eigenvalue weighted by Crippen LogP contribution is -2.51. The number of rotatable bonds is 2. The van der Waals surface area contributed by atoms with Crippen molar-refractivity contribution in [1.29, 1.82) is 0 Å². The summed E-state index contributed by atoms with van der Waals surface area (Å²) in [6, 6.07) is 17.4. The van der Waals surface area contributed by atoms with E-state index >= 15 is 0 Å². The van der Waals surface area contributed by atoms with Crippen LogP contribution in [0.4, 0.5) is 5.69 Å². The molecule has 2 aromatic carbocycles. The molecule has 4 rings (SSSR count). The van der Waals surface area contributed by atoms with E-state index in [0.29, 0.717) is 6.04 Å². The Kier molecular flexibility index (Phi) is 3.88. The van der Waals surface area contributed by atoms with Crippen molar-refractivity contribution in [2.24, 2.45) is 4.99 Å². The fourth-order valence-electron chi connectivity index (χ4n) is 3.27. The molecular formula is C18H18IN3. The van der Waals surface area contributed by atoms with Crippen LogP contribution in [0.5, 0.6) is 0 Å². The molecule has 0 bridgehead atoms. The van der Waals surface area contributed by atoms with Crippen molar-refractivity contribution in [2.75, 3.05) is 11.4 Å². The van der Waals surface area contributed by atoms with E-state index in [0.717, 1.165) is 11.9 Å². The second kappa shape index (κ2) is 6.01. The molecule has 1 saturated heterocycles. The van der Waals surface area contributed by atoms with Crippen molar-refractivity contribution in [3.8, 4) is 0 Å². The van der Waals surface area contributed by atoms with E-state index in [1.165, 1.54) is 27.3 Å². The van der Waals surface area contributed by atoms with Crippen LogP contribution in [0.25, 0.3) is 6.20 Å². The molecule has 0 aromatic heterocycles. The molecule has 1 N–H and O–H groups in total. The molecule has 0 amide bonds. The van der Waals surface area contributed by atoms with Crippen molar-refractivity contribution in [2.45, 2.75) is 25.0 Å². The topological polar surface area (TPSA) is 27.6 Å². The average Bonchev–Trinajstić information content (AvgIpc) is 3.09. The van der Waals surface area contributed by atoms with Gasteiger partial charge < -0.3 is 10.2 Å². The summed E-state index contributed by atoms with van der Waals surface area (Å²) < 4.78 is 1.22. The second-order valence-electron chi connectivity index (χ2n) is 5.80. The van der Waals surface area contributed by atoms with Crippen LogP contribution in [-0.2, 0) is 0 Å². The zero-order valence-corrected chi connectivity index (χ0v) is 14.4. The molecule has 1 unspecified atom stereocenters. The van der Waals surface area contributed by atoms with Crippen molar-refractivity contribution < 1.29 is 0 Å². The highest BCUT2D eigenvalue weighted by Gasteiger charge is 2.30. The molecule has 2 aliphatic rings. The van der Waals surface area contributed by atoms with Gasteiger partial charge in [0, 0.05) is 26.7 Å². The zero-order chi connectivity index (χ0) is 14.9. The number of benzene rings is 2.